The predicted molar refractivity (Wildman–Crippen MR) is 141 cm³/mol. The van der Waals surface area contributed by atoms with Crippen molar-refractivity contribution >= 4 is 39.8 Å². The number of hydrogen-bond acceptors (Lipinski definition) is 8. The summed E-state index contributed by atoms with van der Waals surface area (Å²) in [5, 5.41) is 18.7. The molecule has 5 rings (SSSR count). The minimum atomic E-state index is -0.0225. The number of aliphatic hydroxyl groups is 1. The van der Waals surface area contributed by atoms with Gasteiger partial charge in [0.05, 0.1) is 54.0 Å². The number of anilines is 3. The van der Waals surface area contributed by atoms with Crippen molar-refractivity contribution in [2.75, 3.05) is 50.2 Å². The van der Waals surface area contributed by atoms with Gasteiger partial charge < -0.3 is 24.8 Å². The van der Waals surface area contributed by atoms with E-state index in [1.807, 2.05) is 16.9 Å². The number of rotatable bonds is 9. The van der Waals surface area contributed by atoms with Gasteiger partial charge in [0, 0.05) is 44.5 Å². The zero-order valence-electron chi connectivity index (χ0n) is 20.6. The number of nitrogens with zero attached hydrogens (tertiary/aromatic N) is 5. The Bertz CT molecular complexity index is 1220. The Morgan fingerprint density at radius 3 is 2.92 bits per heavy atom. The third-order valence-corrected chi connectivity index (χ3v) is 7.54. The van der Waals surface area contributed by atoms with Crippen LogP contribution in [0.3, 0.4) is 0 Å². The van der Waals surface area contributed by atoms with E-state index >= 15 is 0 Å². The van der Waals surface area contributed by atoms with Crippen molar-refractivity contribution in [1.29, 1.82) is 0 Å². The van der Waals surface area contributed by atoms with Gasteiger partial charge in [-0.25, -0.2) is 9.97 Å². The van der Waals surface area contributed by atoms with Crippen LogP contribution in [0.5, 0.6) is 0 Å². The maximum absolute atomic E-state index is 9.44. The molecule has 36 heavy (non-hydrogen) atoms. The Hall–Kier alpha value is -2.72. The molecule has 3 aromatic rings. The predicted octanol–water partition coefficient (Wildman–Crippen LogP) is 4.18. The van der Waals surface area contributed by atoms with Crippen LogP contribution in [0.1, 0.15) is 25.7 Å². The van der Waals surface area contributed by atoms with Crippen molar-refractivity contribution in [2.45, 2.75) is 38.3 Å². The fourth-order valence-corrected chi connectivity index (χ4v) is 5.45. The van der Waals surface area contributed by atoms with Gasteiger partial charge in [0.2, 0.25) is 5.95 Å². The van der Waals surface area contributed by atoms with E-state index in [4.69, 9.17) is 26.1 Å². The summed E-state index contributed by atoms with van der Waals surface area (Å²) in [6, 6.07) is 3.99. The molecule has 1 atom stereocenters. The van der Waals surface area contributed by atoms with Crippen LogP contribution in [0.4, 0.5) is 17.3 Å². The SMILES string of the molecule is C=C(CCn1cc(Nc2ncc3cc(Cl)c(N4CCC5(CC4)COC(CO)C5)cc3n2)cn1)COC. The molecule has 2 aliphatic heterocycles. The zero-order chi connectivity index (χ0) is 25.1. The normalized spacial score (nSPS) is 19.3. The lowest BCUT2D eigenvalue weighted by atomic mass is 9.76. The van der Waals surface area contributed by atoms with E-state index in [0.717, 1.165) is 79.8 Å². The lowest BCUT2D eigenvalue weighted by Crippen LogP contribution is -2.40. The van der Waals surface area contributed by atoms with Crippen LogP contribution >= 0.6 is 11.6 Å². The van der Waals surface area contributed by atoms with Gasteiger partial charge in [-0.05, 0) is 43.2 Å². The van der Waals surface area contributed by atoms with Crippen LogP contribution in [0, 0.1) is 5.41 Å². The fourth-order valence-electron chi connectivity index (χ4n) is 5.15. The Morgan fingerprint density at radius 2 is 2.17 bits per heavy atom. The number of aryl methyl sites for hydroxylation is 1. The van der Waals surface area contributed by atoms with Crippen LogP contribution in [-0.4, -0.2) is 71.0 Å². The summed E-state index contributed by atoms with van der Waals surface area (Å²) in [6.45, 7) is 7.93. The molecule has 0 bridgehead atoms. The molecule has 9 nitrogen and oxygen atoms in total. The molecule has 2 fully saturated rings. The summed E-state index contributed by atoms with van der Waals surface area (Å²) < 4.78 is 12.8. The molecule has 1 aromatic carbocycles. The van der Waals surface area contributed by atoms with Crippen LogP contribution in [0.15, 0.2) is 42.9 Å². The highest BCUT2D eigenvalue weighted by Crippen LogP contribution is 2.43. The average molecular weight is 513 g/mol. The molecule has 1 unspecified atom stereocenters. The number of aromatic nitrogens is 4. The van der Waals surface area contributed by atoms with Gasteiger partial charge in [-0.2, -0.15) is 5.10 Å². The molecule has 0 aliphatic carbocycles. The molecule has 2 aromatic heterocycles. The standard InChI is InChI=1S/C26H33ClN6O3/c1-18(16-35-2)3-6-33-14-20(13-29-33)30-25-28-12-19-9-22(27)24(10-23(19)31-25)32-7-4-26(5-8-32)11-21(15-34)36-17-26/h9-10,12-14,21,34H,1,3-8,11,15-17H2,2H3,(H,28,30,31). The molecule has 192 valence electrons. The Morgan fingerprint density at radius 1 is 1.33 bits per heavy atom. The summed E-state index contributed by atoms with van der Waals surface area (Å²) >= 11 is 6.68. The van der Waals surface area contributed by atoms with Crippen molar-refractivity contribution in [3.63, 3.8) is 0 Å². The van der Waals surface area contributed by atoms with Crippen molar-refractivity contribution in [1.82, 2.24) is 19.7 Å². The molecule has 0 saturated carbocycles. The molecule has 2 saturated heterocycles. The van der Waals surface area contributed by atoms with E-state index in [9.17, 15) is 5.11 Å². The van der Waals surface area contributed by atoms with Crippen molar-refractivity contribution in [3.05, 3.63) is 47.9 Å². The van der Waals surface area contributed by atoms with E-state index in [1.165, 1.54) is 0 Å². The monoisotopic (exact) mass is 512 g/mol. The number of methoxy groups -OCH3 is 1. The van der Waals surface area contributed by atoms with E-state index in [-0.39, 0.29) is 18.1 Å². The van der Waals surface area contributed by atoms with Crippen LogP contribution in [-0.2, 0) is 16.0 Å². The molecule has 2 N–H and O–H groups in total. The first-order valence-corrected chi connectivity index (χ1v) is 12.7. The third-order valence-electron chi connectivity index (χ3n) is 7.24. The molecule has 2 aliphatic rings. The zero-order valence-corrected chi connectivity index (χ0v) is 21.4. The van der Waals surface area contributed by atoms with Crippen molar-refractivity contribution in [3.8, 4) is 0 Å². The summed E-state index contributed by atoms with van der Waals surface area (Å²) in [6.07, 6.45) is 9.24. The minimum Gasteiger partial charge on any atom is -0.394 e. The highest BCUT2D eigenvalue weighted by Gasteiger charge is 2.42. The second-order valence-corrected chi connectivity index (χ2v) is 10.3. The van der Waals surface area contributed by atoms with Gasteiger partial charge in [-0.3, -0.25) is 4.68 Å². The highest BCUT2D eigenvalue weighted by atomic mass is 35.5. The lowest BCUT2D eigenvalue weighted by Gasteiger charge is -2.40. The van der Waals surface area contributed by atoms with E-state index < -0.39 is 0 Å². The molecule has 10 heteroatoms. The molecule has 4 heterocycles. The van der Waals surface area contributed by atoms with Gasteiger partial charge in [-0.15, -0.1) is 0 Å². The topological polar surface area (TPSA) is 97.6 Å². The molecule has 1 spiro atoms. The summed E-state index contributed by atoms with van der Waals surface area (Å²) in [5.41, 5.74) is 3.85. The Labute approximate surface area is 216 Å². The highest BCUT2D eigenvalue weighted by molar-refractivity contribution is 6.34. The smallest absolute Gasteiger partial charge is 0.227 e. The number of ether oxygens (including phenoxy) is 2. The maximum atomic E-state index is 9.44. The first kappa shape index (κ1) is 25.0. The second-order valence-electron chi connectivity index (χ2n) is 9.91. The number of nitrogens with one attached hydrogen (secondary N) is 1. The van der Waals surface area contributed by atoms with Gasteiger partial charge in [0.25, 0.3) is 0 Å². The minimum absolute atomic E-state index is 0.0225. The molecule has 0 radical (unpaired) electrons. The third kappa shape index (κ3) is 5.49. The van der Waals surface area contributed by atoms with E-state index in [0.29, 0.717) is 17.6 Å². The summed E-state index contributed by atoms with van der Waals surface area (Å²) in [5.74, 6) is 0.509. The lowest BCUT2D eigenvalue weighted by molar-refractivity contribution is 0.0506. The van der Waals surface area contributed by atoms with Crippen molar-refractivity contribution < 1.29 is 14.6 Å². The van der Waals surface area contributed by atoms with Crippen molar-refractivity contribution in [2.24, 2.45) is 5.41 Å². The number of hydrogen-bond donors (Lipinski definition) is 2. The Balaban J connectivity index is 1.26. The number of piperidine rings is 1. The first-order chi connectivity index (χ1) is 17.5. The first-order valence-electron chi connectivity index (χ1n) is 12.4. The van der Waals surface area contributed by atoms with Gasteiger partial charge >= 0.3 is 0 Å². The van der Waals surface area contributed by atoms with E-state index in [1.54, 1.807) is 19.5 Å². The Kier molecular flexibility index (Phi) is 7.43. The number of fused-ring (bicyclic) bond motifs is 1. The fraction of sp³-hybridized carbons (Fsp3) is 0.500. The largest absolute Gasteiger partial charge is 0.394 e. The van der Waals surface area contributed by atoms with Crippen LogP contribution in [0.25, 0.3) is 10.9 Å². The molecule has 0 amide bonds. The van der Waals surface area contributed by atoms with Gasteiger partial charge in [0.15, 0.2) is 0 Å². The van der Waals surface area contributed by atoms with Gasteiger partial charge in [0.1, 0.15) is 0 Å². The van der Waals surface area contributed by atoms with Gasteiger partial charge in [-0.1, -0.05) is 23.8 Å². The quantitative estimate of drug-likeness (QED) is 0.412. The number of halogens is 1. The average Bonchev–Trinajstić information content (AvgIpc) is 3.50. The van der Waals surface area contributed by atoms with Crippen LogP contribution in [0.2, 0.25) is 5.02 Å². The summed E-state index contributed by atoms with van der Waals surface area (Å²) in [4.78, 5) is 11.5. The second kappa shape index (κ2) is 10.7. The summed E-state index contributed by atoms with van der Waals surface area (Å²) in [7, 11) is 1.67. The number of aliphatic hydroxyl groups excluding tert-OH is 1. The maximum Gasteiger partial charge on any atom is 0.227 e. The number of benzene rings is 1. The van der Waals surface area contributed by atoms with Crippen LogP contribution < -0.4 is 10.2 Å². The molecular formula is C26H33ClN6O3. The van der Waals surface area contributed by atoms with E-state index in [2.05, 4.69) is 32.9 Å². The molecular weight excluding hydrogens is 480 g/mol.